The Hall–Kier alpha value is -0.610. The van der Waals surface area contributed by atoms with Crippen molar-refractivity contribution >= 4 is 5.91 Å². The number of likely N-dealkylation sites (tertiary alicyclic amines) is 1. The van der Waals surface area contributed by atoms with Crippen molar-refractivity contribution in [3.8, 4) is 0 Å². The summed E-state index contributed by atoms with van der Waals surface area (Å²) in [6.45, 7) is 3.18. The normalized spacial score (nSPS) is 34.2. The Morgan fingerprint density at radius 1 is 1.41 bits per heavy atom. The first kappa shape index (κ1) is 12.8. The molecule has 1 saturated heterocycles. The zero-order valence-corrected chi connectivity index (χ0v) is 11.1. The first-order valence-electron chi connectivity index (χ1n) is 6.77. The number of hydrogen-bond acceptors (Lipinski definition) is 3. The molecule has 3 unspecified atom stereocenters. The molecule has 0 aromatic carbocycles. The fourth-order valence-corrected chi connectivity index (χ4v) is 3.23. The van der Waals surface area contributed by atoms with Crippen molar-refractivity contribution in [2.24, 2.45) is 17.6 Å². The SMILES string of the molecule is CN1CCC(CN(C)C(=O)C2CCCC2N)C1. The average molecular weight is 239 g/mol. The van der Waals surface area contributed by atoms with Crippen molar-refractivity contribution in [3.05, 3.63) is 0 Å². The number of nitrogens with zero attached hydrogens (tertiary/aromatic N) is 2. The van der Waals surface area contributed by atoms with Crippen molar-refractivity contribution in [3.63, 3.8) is 0 Å². The highest BCUT2D eigenvalue weighted by Gasteiger charge is 2.33. The maximum Gasteiger partial charge on any atom is 0.226 e. The van der Waals surface area contributed by atoms with Gasteiger partial charge in [0.1, 0.15) is 0 Å². The van der Waals surface area contributed by atoms with E-state index in [9.17, 15) is 4.79 Å². The predicted molar refractivity (Wildman–Crippen MR) is 68.6 cm³/mol. The van der Waals surface area contributed by atoms with Crippen molar-refractivity contribution in [2.45, 2.75) is 31.7 Å². The topological polar surface area (TPSA) is 49.6 Å². The number of carbonyl (C=O) groups is 1. The van der Waals surface area contributed by atoms with Crippen molar-refractivity contribution in [1.29, 1.82) is 0 Å². The molecule has 0 aromatic rings. The molecule has 4 nitrogen and oxygen atoms in total. The van der Waals surface area contributed by atoms with E-state index in [0.29, 0.717) is 5.92 Å². The third-order valence-corrected chi connectivity index (χ3v) is 4.28. The van der Waals surface area contributed by atoms with Crippen molar-refractivity contribution in [1.82, 2.24) is 9.80 Å². The van der Waals surface area contributed by atoms with E-state index < -0.39 is 0 Å². The molecule has 2 fully saturated rings. The molecule has 1 aliphatic carbocycles. The second-order valence-corrected chi connectivity index (χ2v) is 5.84. The number of rotatable bonds is 3. The van der Waals surface area contributed by atoms with Gasteiger partial charge in [0.05, 0.1) is 5.92 Å². The summed E-state index contributed by atoms with van der Waals surface area (Å²) in [7, 11) is 4.08. The zero-order chi connectivity index (χ0) is 12.4. The van der Waals surface area contributed by atoms with E-state index in [0.717, 1.165) is 38.9 Å². The molecule has 0 spiro atoms. The van der Waals surface area contributed by atoms with Crippen LogP contribution in [-0.2, 0) is 4.79 Å². The highest BCUT2D eigenvalue weighted by Crippen LogP contribution is 2.26. The molecule has 0 radical (unpaired) electrons. The number of carbonyl (C=O) groups excluding carboxylic acids is 1. The fourth-order valence-electron chi connectivity index (χ4n) is 3.23. The van der Waals surface area contributed by atoms with Crippen molar-refractivity contribution in [2.75, 3.05) is 33.7 Å². The molecule has 98 valence electrons. The predicted octanol–water partition coefficient (Wildman–Crippen LogP) is 0.524. The van der Waals surface area contributed by atoms with Crippen LogP contribution in [0.2, 0.25) is 0 Å². The van der Waals surface area contributed by atoms with Gasteiger partial charge in [0.25, 0.3) is 0 Å². The third-order valence-electron chi connectivity index (χ3n) is 4.28. The molecule has 2 aliphatic rings. The Kier molecular flexibility index (Phi) is 4.05. The summed E-state index contributed by atoms with van der Waals surface area (Å²) >= 11 is 0. The third kappa shape index (κ3) is 2.99. The zero-order valence-electron chi connectivity index (χ0n) is 11.1. The second-order valence-electron chi connectivity index (χ2n) is 5.84. The van der Waals surface area contributed by atoms with Gasteiger partial charge in [-0.05, 0) is 38.8 Å². The van der Waals surface area contributed by atoms with E-state index in [1.807, 2.05) is 11.9 Å². The van der Waals surface area contributed by atoms with Gasteiger partial charge in [-0.1, -0.05) is 6.42 Å². The van der Waals surface area contributed by atoms with Gasteiger partial charge >= 0.3 is 0 Å². The van der Waals surface area contributed by atoms with Crippen LogP contribution in [0.3, 0.4) is 0 Å². The van der Waals surface area contributed by atoms with E-state index in [1.54, 1.807) is 0 Å². The van der Waals surface area contributed by atoms with Crippen LogP contribution in [0.5, 0.6) is 0 Å². The van der Waals surface area contributed by atoms with E-state index in [2.05, 4.69) is 11.9 Å². The Balaban J connectivity index is 1.82. The Labute approximate surface area is 104 Å². The van der Waals surface area contributed by atoms with Gasteiger partial charge in [-0.15, -0.1) is 0 Å². The number of amides is 1. The van der Waals surface area contributed by atoms with Crippen LogP contribution < -0.4 is 5.73 Å². The number of hydrogen-bond donors (Lipinski definition) is 1. The minimum Gasteiger partial charge on any atom is -0.345 e. The summed E-state index contributed by atoms with van der Waals surface area (Å²) in [5, 5.41) is 0. The van der Waals surface area contributed by atoms with Gasteiger partial charge < -0.3 is 15.5 Å². The molecule has 2 rings (SSSR count). The molecule has 3 atom stereocenters. The molecule has 0 aromatic heterocycles. The highest BCUT2D eigenvalue weighted by atomic mass is 16.2. The highest BCUT2D eigenvalue weighted by molar-refractivity contribution is 5.79. The molecule has 17 heavy (non-hydrogen) atoms. The molecule has 1 heterocycles. The van der Waals surface area contributed by atoms with Crippen LogP contribution in [0.25, 0.3) is 0 Å². The van der Waals surface area contributed by atoms with Crippen molar-refractivity contribution < 1.29 is 4.79 Å². The smallest absolute Gasteiger partial charge is 0.226 e. The molecule has 4 heteroatoms. The molecule has 1 amide bonds. The lowest BCUT2D eigenvalue weighted by molar-refractivity contribution is -0.134. The molecule has 1 saturated carbocycles. The minimum atomic E-state index is 0.0825. The van der Waals surface area contributed by atoms with Crippen LogP contribution in [0.1, 0.15) is 25.7 Å². The first-order chi connectivity index (χ1) is 8.08. The van der Waals surface area contributed by atoms with Crippen LogP contribution >= 0.6 is 0 Å². The van der Waals surface area contributed by atoms with Gasteiger partial charge in [-0.3, -0.25) is 4.79 Å². The van der Waals surface area contributed by atoms with Gasteiger partial charge in [0, 0.05) is 26.2 Å². The average Bonchev–Trinajstić information content (AvgIpc) is 2.86. The molecule has 0 bridgehead atoms. The van der Waals surface area contributed by atoms with Gasteiger partial charge in [-0.2, -0.15) is 0 Å². The molecule has 2 N–H and O–H groups in total. The standard InChI is InChI=1S/C13H25N3O/c1-15-7-6-10(8-15)9-16(2)13(17)11-4-3-5-12(11)14/h10-12H,3-9,14H2,1-2H3. The van der Waals surface area contributed by atoms with E-state index in [1.165, 1.54) is 6.42 Å². The monoisotopic (exact) mass is 239 g/mol. The second kappa shape index (κ2) is 5.36. The fraction of sp³-hybridized carbons (Fsp3) is 0.923. The van der Waals surface area contributed by atoms with Gasteiger partial charge in [0.15, 0.2) is 0 Å². The van der Waals surface area contributed by atoms with E-state index >= 15 is 0 Å². The lowest BCUT2D eigenvalue weighted by Gasteiger charge is -2.25. The van der Waals surface area contributed by atoms with Crippen LogP contribution in [0, 0.1) is 11.8 Å². The Bertz CT molecular complexity index is 282. The van der Waals surface area contributed by atoms with E-state index in [4.69, 9.17) is 5.73 Å². The lowest BCUT2D eigenvalue weighted by atomic mass is 10.0. The van der Waals surface area contributed by atoms with Crippen LogP contribution in [-0.4, -0.2) is 55.5 Å². The van der Waals surface area contributed by atoms with Crippen LogP contribution in [0.15, 0.2) is 0 Å². The summed E-state index contributed by atoms with van der Waals surface area (Å²) in [5.41, 5.74) is 5.99. The maximum absolute atomic E-state index is 12.3. The molecule has 1 aliphatic heterocycles. The Morgan fingerprint density at radius 2 is 2.18 bits per heavy atom. The summed E-state index contributed by atoms with van der Waals surface area (Å²) in [5.74, 6) is 0.996. The maximum atomic E-state index is 12.3. The molecular weight excluding hydrogens is 214 g/mol. The lowest BCUT2D eigenvalue weighted by Crippen LogP contribution is -2.41. The largest absolute Gasteiger partial charge is 0.345 e. The molecular formula is C13H25N3O. The number of nitrogens with two attached hydrogens (primary N) is 1. The summed E-state index contributed by atoms with van der Waals surface area (Å²) in [6.07, 6.45) is 4.31. The van der Waals surface area contributed by atoms with E-state index in [-0.39, 0.29) is 17.9 Å². The Morgan fingerprint density at radius 3 is 2.71 bits per heavy atom. The minimum absolute atomic E-state index is 0.0825. The quantitative estimate of drug-likeness (QED) is 0.781. The summed E-state index contributed by atoms with van der Waals surface area (Å²) < 4.78 is 0. The van der Waals surface area contributed by atoms with Gasteiger partial charge in [0.2, 0.25) is 5.91 Å². The van der Waals surface area contributed by atoms with Gasteiger partial charge in [-0.25, -0.2) is 0 Å². The summed E-state index contributed by atoms with van der Waals surface area (Å²) in [6, 6.07) is 0.0937. The first-order valence-corrected chi connectivity index (χ1v) is 6.77. The summed E-state index contributed by atoms with van der Waals surface area (Å²) in [4.78, 5) is 16.5. The van der Waals surface area contributed by atoms with Crippen LogP contribution in [0.4, 0.5) is 0 Å².